The number of aliphatic carboxylic acids is 1. The lowest BCUT2D eigenvalue weighted by molar-refractivity contribution is -0.143. The zero-order valence-corrected chi connectivity index (χ0v) is 14.0. The number of ether oxygens (including phenoxy) is 1. The minimum absolute atomic E-state index is 0.284. The van der Waals surface area contributed by atoms with Crippen LogP contribution < -0.4 is 10.6 Å². The summed E-state index contributed by atoms with van der Waals surface area (Å²) in [4.78, 5) is 46.0. The van der Waals surface area contributed by atoms with Gasteiger partial charge in [-0.1, -0.05) is 6.92 Å². The summed E-state index contributed by atoms with van der Waals surface area (Å²) in [6, 6.07) is -1.04. The van der Waals surface area contributed by atoms with E-state index < -0.39 is 53.8 Å². The Morgan fingerprint density at radius 3 is 2.30 bits per heavy atom. The van der Waals surface area contributed by atoms with Crippen molar-refractivity contribution in [3.8, 4) is 0 Å². The van der Waals surface area contributed by atoms with Crippen molar-refractivity contribution < 1.29 is 29.0 Å². The van der Waals surface area contributed by atoms with Crippen LogP contribution >= 0.6 is 0 Å². The fourth-order valence-electron chi connectivity index (χ4n) is 2.48. The number of alkyl carbamates (subject to hydrolysis) is 1. The van der Waals surface area contributed by atoms with Crippen molar-refractivity contribution in [3.63, 3.8) is 0 Å². The number of nitrogens with one attached hydrogen (secondary N) is 2. The van der Waals surface area contributed by atoms with Crippen LogP contribution in [0.1, 0.15) is 41.0 Å². The first-order chi connectivity index (χ1) is 10.4. The van der Waals surface area contributed by atoms with Crippen LogP contribution in [0.15, 0.2) is 0 Å². The van der Waals surface area contributed by atoms with E-state index in [9.17, 15) is 19.2 Å². The summed E-state index contributed by atoms with van der Waals surface area (Å²) in [5.41, 5.74) is -0.657. The van der Waals surface area contributed by atoms with E-state index >= 15 is 0 Å². The van der Waals surface area contributed by atoms with E-state index in [1.165, 1.54) is 0 Å². The molecular weight excluding hydrogens is 304 g/mol. The Bertz CT molecular complexity index is 511. The van der Waals surface area contributed by atoms with Crippen LogP contribution in [0.2, 0.25) is 0 Å². The van der Waals surface area contributed by atoms with Gasteiger partial charge in [-0.15, -0.1) is 0 Å². The summed E-state index contributed by atoms with van der Waals surface area (Å²) in [6.45, 7) is 8.39. The Labute approximate surface area is 134 Å². The fraction of sp³-hybridized carbons (Fsp3) is 0.733. The Morgan fingerprint density at radius 1 is 1.30 bits per heavy atom. The summed E-state index contributed by atoms with van der Waals surface area (Å²) in [7, 11) is 0. The molecule has 1 saturated heterocycles. The van der Waals surface area contributed by atoms with Gasteiger partial charge in [-0.25, -0.2) is 4.79 Å². The first kappa shape index (κ1) is 18.9. The number of hydrogen-bond acceptors (Lipinski definition) is 5. The zero-order chi connectivity index (χ0) is 17.9. The van der Waals surface area contributed by atoms with Crippen LogP contribution in [-0.4, -0.2) is 46.5 Å². The smallest absolute Gasteiger partial charge is 0.407 e. The molecule has 4 atom stereocenters. The highest BCUT2D eigenvalue weighted by atomic mass is 16.6. The van der Waals surface area contributed by atoms with E-state index in [1.807, 2.05) is 0 Å². The molecule has 0 aromatic carbocycles. The summed E-state index contributed by atoms with van der Waals surface area (Å²) < 4.78 is 5.13. The van der Waals surface area contributed by atoms with E-state index in [4.69, 9.17) is 9.84 Å². The van der Waals surface area contributed by atoms with Gasteiger partial charge in [0, 0.05) is 12.0 Å². The molecule has 1 fully saturated rings. The van der Waals surface area contributed by atoms with E-state index in [0.717, 1.165) is 0 Å². The summed E-state index contributed by atoms with van der Waals surface area (Å²) in [5, 5.41) is 13.9. The molecule has 0 saturated carbocycles. The van der Waals surface area contributed by atoms with Gasteiger partial charge >= 0.3 is 12.1 Å². The monoisotopic (exact) mass is 328 g/mol. The maximum atomic E-state index is 11.8. The number of carbonyl (C=O) groups excluding carboxylic acids is 3. The normalized spacial score (nSPS) is 23.1. The van der Waals surface area contributed by atoms with Gasteiger partial charge in [0.05, 0.1) is 12.0 Å². The number of carboxylic acid groups (broad SMARTS) is 1. The number of amides is 2. The SMILES string of the molecule is C[C@@H](NC(=O)OC(C)(C)C)[C@H]1C(=O)N[C@@H]1[C@@H](C)C(=O)CC(=O)O. The van der Waals surface area contributed by atoms with Crippen molar-refractivity contribution in [3.05, 3.63) is 0 Å². The number of hydrogen-bond donors (Lipinski definition) is 3. The zero-order valence-electron chi connectivity index (χ0n) is 14.0. The minimum atomic E-state index is -1.20. The highest BCUT2D eigenvalue weighted by Gasteiger charge is 2.48. The second-order valence-electron chi connectivity index (χ2n) is 6.82. The van der Waals surface area contributed by atoms with Gasteiger partial charge < -0.3 is 20.5 Å². The van der Waals surface area contributed by atoms with Gasteiger partial charge in [-0.3, -0.25) is 14.4 Å². The Morgan fingerprint density at radius 2 is 1.87 bits per heavy atom. The lowest BCUT2D eigenvalue weighted by Crippen LogP contribution is -2.67. The molecule has 1 aliphatic heterocycles. The van der Waals surface area contributed by atoms with Crippen molar-refractivity contribution in [1.82, 2.24) is 10.6 Å². The van der Waals surface area contributed by atoms with E-state index in [2.05, 4.69) is 10.6 Å². The first-order valence-electron chi connectivity index (χ1n) is 7.46. The predicted molar refractivity (Wildman–Crippen MR) is 80.7 cm³/mol. The van der Waals surface area contributed by atoms with Gasteiger partial charge in [0.25, 0.3) is 0 Å². The third kappa shape index (κ3) is 5.22. The predicted octanol–water partition coefficient (Wildman–Crippen LogP) is 0.694. The average Bonchev–Trinajstić information content (AvgIpc) is 2.30. The van der Waals surface area contributed by atoms with Crippen LogP contribution in [-0.2, 0) is 19.1 Å². The number of rotatable bonds is 6. The molecule has 3 N–H and O–H groups in total. The summed E-state index contributed by atoms with van der Waals surface area (Å²) >= 11 is 0. The molecular formula is C15H24N2O6. The highest BCUT2D eigenvalue weighted by Crippen LogP contribution is 2.27. The van der Waals surface area contributed by atoms with Crippen molar-refractivity contribution in [1.29, 1.82) is 0 Å². The molecule has 0 spiro atoms. The van der Waals surface area contributed by atoms with E-state index in [1.54, 1.807) is 34.6 Å². The fourth-order valence-corrected chi connectivity index (χ4v) is 2.48. The van der Waals surface area contributed by atoms with Gasteiger partial charge in [-0.05, 0) is 27.7 Å². The average molecular weight is 328 g/mol. The number of ketones is 1. The van der Waals surface area contributed by atoms with Gasteiger partial charge in [0.2, 0.25) is 5.91 Å². The largest absolute Gasteiger partial charge is 0.481 e. The topological polar surface area (TPSA) is 122 Å². The molecule has 1 rings (SSSR count). The molecule has 2 amide bonds. The van der Waals surface area contributed by atoms with Crippen molar-refractivity contribution in [2.24, 2.45) is 11.8 Å². The Balaban J connectivity index is 2.66. The number of β-lactam (4-membered cyclic amide) rings is 1. The Kier molecular flexibility index (Phi) is 5.74. The van der Waals surface area contributed by atoms with Gasteiger partial charge in [0.15, 0.2) is 0 Å². The van der Waals surface area contributed by atoms with E-state index in [-0.39, 0.29) is 5.91 Å². The van der Waals surface area contributed by atoms with Crippen LogP contribution in [0.5, 0.6) is 0 Å². The third-order valence-electron chi connectivity index (χ3n) is 3.65. The Hall–Kier alpha value is -2.12. The molecule has 0 aliphatic carbocycles. The molecule has 8 heteroatoms. The lowest BCUT2D eigenvalue weighted by Gasteiger charge is -2.43. The number of carbonyl (C=O) groups is 4. The molecule has 0 aromatic heterocycles. The van der Waals surface area contributed by atoms with E-state index in [0.29, 0.717) is 0 Å². The molecule has 0 radical (unpaired) electrons. The molecule has 23 heavy (non-hydrogen) atoms. The molecule has 1 aliphatic rings. The number of carboxylic acids is 1. The molecule has 8 nitrogen and oxygen atoms in total. The summed E-state index contributed by atoms with van der Waals surface area (Å²) in [6.07, 6.45) is -1.23. The molecule has 0 aromatic rings. The van der Waals surface area contributed by atoms with Crippen molar-refractivity contribution in [2.75, 3.05) is 0 Å². The molecule has 1 heterocycles. The maximum absolute atomic E-state index is 11.8. The van der Waals surface area contributed by atoms with Crippen LogP contribution in [0.25, 0.3) is 0 Å². The lowest BCUT2D eigenvalue weighted by atomic mass is 9.76. The maximum Gasteiger partial charge on any atom is 0.407 e. The quantitative estimate of drug-likeness (QED) is 0.487. The molecule has 0 bridgehead atoms. The van der Waals surface area contributed by atoms with Crippen LogP contribution in [0.4, 0.5) is 4.79 Å². The van der Waals surface area contributed by atoms with Crippen LogP contribution in [0, 0.1) is 11.8 Å². The van der Waals surface area contributed by atoms with Crippen molar-refractivity contribution >= 4 is 23.8 Å². The molecule has 130 valence electrons. The standard InChI is InChI=1S/C15H24N2O6/c1-7(9(18)6-10(19)20)12-11(13(21)17-12)8(2)16-14(22)23-15(3,4)5/h7-8,11-12H,6H2,1-5H3,(H,16,22)(H,17,21)(H,19,20)/t7-,8+,11+,12+/m0/s1. The summed E-state index contributed by atoms with van der Waals surface area (Å²) in [5.74, 6) is -3.19. The van der Waals surface area contributed by atoms with Gasteiger partial charge in [0.1, 0.15) is 17.8 Å². The third-order valence-corrected chi connectivity index (χ3v) is 3.65. The second kappa shape index (κ2) is 6.97. The van der Waals surface area contributed by atoms with Crippen molar-refractivity contribution in [2.45, 2.75) is 58.7 Å². The van der Waals surface area contributed by atoms with Gasteiger partial charge in [-0.2, -0.15) is 0 Å². The number of Topliss-reactive ketones (excluding diaryl/α,β-unsaturated/α-hetero) is 1. The second-order valence-corrected chi connectivity index (χ2v) is 6.82. The van der Waals surface area contributed by atoms with Crippen LogP contribution in [0.3, 0.4) is 0 Å². The highest BCUT2D eigenvalue weighted by molar-refractivity contribution is 5.98. The first-order valence-corrected chi connectivity index (χ1v) is 7.46. The molecule has 0 unspecified atom stereocenters. The minimum Gasteiger partial charge on any atom is -0.481 e.